The third kappa shape index (κ3) is 2.43. The van der Waals surface area contributed by atoms with Gasteiger partial charge in [-0.2, -0.15) is 13.2 Å². The number of hydrogen-bond donors (Lipinski definition) is 1. The molecule has 0 aromatic heterocycles. The van der Waals surface area contributed by atoms with Gasteiger partial charge in [-0.05, 0) is 29.9 Å². The summed E-state index contributed by atoms with van der Waals surface area (Å²) in [5.74, 6) is -0.474. The molecular weight excluding hydrogens is 307 g/mol. The second-order valence-electron chi connectivity index (χ2n) is 7.47. The molecule has 1 aliphatic carbocycles. The van der Waals surface area contributed by atoms with Gasteiger partial charge in [0.1, 0.15) is 0 Å². The zero-order valence-corrected chi connectivity index (χ0v) is 13.2. The second kappa shape index (κ2) is 4.97. The summed E-state index contributed by atoms with van der Waals surface area (Å²) in [7, 11) is 0. The van der Waals surface area contributed by atoms with E-state index in [1.54, 1.807) is 0 Å². The van der Waals surface area contributed by atoms with Crippen LogP contribution in [0.15, 0.2) is 24.3 Å². The summed E-state index contributed by atoms with van der Waals surface area (Å²) in [6, 6.07) is 4.89. The molecule has 2 fully saturated rings. The van der Waals surface area contributed by atoms with E-state index in [-0.39, 0.29) is 28.9 Å². The molecule has 3 rings (SSSR count). The van der Waals surface area contributed by atoms with Crippen LogP contribution in [0.25, 0.3) is 0 Å². The number of alkyl halides is 3. The van der Waals surface area contributed by atoms with E-state index in [1.807, 2.05) is 0 Å². The number of amides is 1. The lowest BCUT2D eigenvalue weighted by molar-refractivity contribution is -0.138. The summed E-state index contributed by atoms with van der Waals surface area (Å²) in [6.45, 7) is 4.83. The molecular formula is C17H20F3NO2. The molecule has 0 bridgehead atoms. The molecule has 3 nitrogen and oxygen atoms in total. The van der Waals surface area contributed by atoms with Gasteiger partial charge >= 0.3 is 6.18 Å². The Kier molecular flexibility index (Phi) is 3.52. The highest BCUT2D eigenvalue weighted by Gasteiger charge is 2.63. The average Bonchev–Trinajstić information content (AvgIpc) is 2.81. The number of carbonyl (C=O) groups excluding carboxylic acids is 1. The highest BCUT2D eigenvalue weighted by Crippen LogP contribution is 2.62. The van der Waals surface area contributed by atoms with Crippen molar-refractivity contribution < 1.29 is 23.1 Å². The lowest BCUT2D eigenvalue weighted by Crippen LogP contribution is -2.54. The summed E-state index contributed by atoms with van der Waals surface area (Å²) in [4.78, 5) is 14.1. The van der Waals surface area contributed by atoms with Crippen LogP contribution in [0.2, 0.25) is 0 Å². The van der Waals surface area contributed by atoms with Gasteiger partial charge in [-0.15, -0.1) is 0 Å². The molecule has 6 heteroatoms. The maximum Gasteiger partial charge on any atom is 0.417 e. The standard InChI is InChI=1S/C17H20F3NO2/c1-15(2)8-16(10-22)9-21(7-13(15)16)14(23)11-5-3-4-6-12(11)17(18,19)20/h3-6,13,22H,7-10H2,1-2H3/t13-,16-/m1/s1. The van der Waals surface area contributed by atoms with Gasteiger partial charge in [0, 0.05) is 18.5 Å². The van der Waals surface area contributed by atoms with Crippen LogP contribution in [-0.2, 0) is 6.18 Å². The van der Waals surface area contributed by atoms with E-state index in [9.17, 15) is 23.1 Å². The Balaban J connectivity index is 1.89. The first-order valence-electron chi connectivity index (χ1n) is 7.67. The highest BCUT2D eigenvalue weighted by atomic mass is 19.4. The van der Waals surface area contributed by atoms with E-state index in [0.29, 0.717) is 13.1 Å². The van der Waals surface area contributed by atoms with E-state index in [2.05, 4.69) is 13.8 Å². The smallest absolute Gasteiger partial charge is 0.396 e. The number of nitrogens with zero attached hydrogens (tertiary/aromatic N) is 1. The maximum atomic E-state index is 13.1. The Morgan fingerprint density at radius 3 is 2.52 bits per heavy atom. The number of aliphatic hydroxyl groups is 1. The van der Waals surface area contributed by atoms with Crippen LogP contribution in [-0.4, -0.2) is 35.6 Å². The van der Waals surface area contributed by atoms with Crippen LogP contribution in [0.4, 0.5) is 13.2 Å². The van der Waals surface area contributed by atoms with Crippen molar-refractivity contribution in [3.05, 3.63) is 35.4 Å². The molecule has 0 unspecified atom stereocenters. The molecule has 1 saturated carbocycles. The molecule has 1 saturated heterocycles. The number of hydrogen-bond acceptors (Lipinski definition) is 2. The quantitative estimate of drug-likeness (QED) is 0.906. The minimum atomic E-state index is -4.56. The van der Waals surface area contributed by atoms with Gasteiger partial charge in [0.05, 0.1) is 17.7 Å². The summed E-state index contributed by atoms with van der Waals surface area (Å²) >= 11 is 0. The van der Waals surface area contributed by atoms with Crippen molar-refractivity contribution in [2.75, 3.05) is 19.7 Å². The molecule has 126 valence electrons. The van der Waals surface area contributed by atoms with E-state index >= 15 is 0 Å². The summed E-state index contributed by atoms with van der Waals surface area (Å²) in [6.07, 6.45) is -3.77. The van der Waals surface area contributed by atoms with Crippen molar-refractivity contribution in [2.24, 2.45) is 16.7 Å². The topological polar surface area (TPSA) is 40.5 Å². The average molecular weight is 327 g/mol. The van der Waals surface area contributed by atoms with Crippen LogP contribution >= 0.6 is 0 Å². The first-order valence-corrected chi connectivity index (χ1v) is 7.67. The van der Waals surface area contributed by atoms with Crippen molar-refractivity contribution in [1.82, 2.24) is 4.90 Å². The lowest BCUT2D eigenvalue weighted by Gasteiger charge is -2.55. The number of halogens is 3. The third-order valence-electron chi connectivity index (χ3n) is 5.46. The van der Waals surface area contributed by atoms with Crippen molar-refractivity contribution in [3.8, 4) is 0 Å². The Labute approximate surface area is 133 Å². The van der Waals surface area contributed by atoms with Crippen LogP contribution < -0.4 is 0 Å². The van der Waals surface area contributed by atoms with Crippen LogP contribution in [0, 0.1) is 16.7 Å². The molecule has 2 aliphatic rings. The lowest BCUT2D eigenvalue weighted by atomic mass is 9.48. The predicted octanol–water partition coefficient (Wildman–Crippen LogP) is 3.19. The van der Waals surface area contributed by atoms with Crippen molar-refractivity contribution >= 4 is 5.91 Å². The SMILES string of the molecule is CC1(C)C[C@]2(CO)CN(C(=O)c3ccccc3C(F)(F)F)C[C@H]12. The van der Waals surface area contributed by atoms with E-state index in [1.165, 1.54) is 23.1 Å². The fourth-order valence-corrected chi connectivity index (χ4v) is 4.58. The third-order valence-corrected chi connectivity index (χ3v) is 5.46. The monoisotopic (exact) mass is 327 g/mol. The second-order valence-corrected chi connectivity index (χ2v) is 7.47. The molecule has 1 aliphatic heterocycles. The minimum Gasteiger partial charge on any atom is -0.396 e. The number of fused-ring (bicyclic) bond motifs is 1. The Bertz CT molecular complexity index is 641. The van der Waals surface area contributed by atoms with Gasteiger partial charge in [0.15, 0.2) is 0 Å². The molecule has 0 radical (unpaired) electrons. The van der Waals surface area contributed by atoms with Crippen LogP contribution in [0.3, 0.4) is 0 Å². The fourth-order valence-electron chi connectivity index (χ4n) is 4.58. The molecule has 1 aromatic rings. The molecule has 1 aromatic carbocycles. The summed E-state index contributed by atoms with van der Waals surface area (Å²) < 4.78 is 39.3. The van der Waals surface area contributed by atoms with Gasteiger partial charge in [-0.3, -0.25) is 4.79 Å². The minimum absolute atomic E-state index is 0.00129. The predicted molar refractivity (Wildman–Crippen MR) is 78.8 cm³/mol. The van der Waals surface area contributed by atoms with Gasteiger partial charge < -0.3 is 10.0 Å². The first kappa shape index (κ1) is 16.3. The van der Waals surface area contributed by atoms with E-state index in [0.717, 1.165) is 12.5 Å². The summed E-state index contributed by atoms with van der Waals surface area (Å²) in [5.41, 5.74) is -1.57. The summed E-state index contributed by atoms with van der Waals surface area (Å²) in [5, 5.41) is 9.72. The first-order chi connectivity index (χ1) is 10.6. The van der Waals surface area contributed by atoms with Crippen molar-refractivity contribution in [2.45, 2.75) is 26.4 Å². The molecule has 2 atom stereocenters. The number of aliphatic hydroxyl groups excluding tert-OH is 1. The largest absolute Gasteiger partial charge is 0.417 e. The fraction of sp³-hybridized carbons (Fsp3) is 0.588. The number of carbonyl (C=O) groups is 1. The number of likely N-dealkylation sites (tertiary alicyclic amines) is 1. The van der Waals surface area contributed by atoms with E-state index in [4.69, 9.17) is 0 Å². The maximum absolute atomic E-state index is 13.1. The van der Waals surface area contributed by atoms with Gasteiger partial charge in [-0.1, -0.05) is 26.0 Å². The number of benzene rings is 1. The van der Waals surface area contributed by atoms with Crippen LogP contribution in [0.5, 0.6) is 0 Å². The Hall–Kier alpha value is -1.56. The molecule has 1 heterocycles. The zero-order valence-electron chi connectivity index (χ0n) is 13.2. The molecule has 23 heavy (non-hydrogen) atoms. The van der Waals surface area contributed by atoms with Crippen molar-refractivity contribution in [3.63, 3.8) is 0 Å². The Morgan fingerprint density at radius 2 is 2.00 bits per heavy atom. The van der Waals surface area contributed by atoms with Gasteiger partial charge in [0.25, 0.3) is 5.91 Å². The van der Waals surface area contributed by atoms with Crippen LogP contribution in [0.1, 0.15) is 36.2 Å². The molecule has 1 amide bonds. The zero-order chi connectivity index (χ0) is 17.0. The molecule has 1 N–H and O–H groups in total. The van der Waals surface area contributed by atoms with Gasteiger partial charge in [-0.25, -0.2) is 0 Å². The van der Waals surface area contributed by atoms with Gasteiger partial charge in [0.2, 0.25) is 0 Å². The molecule has 0 spiro atoms. The van der Waals surface area contributed by atoms with E-state index < -0.39 is 17.6 Å². The van der Waals surface area contributed by atoms with Crippen molar-refractivity contribution in [1.29, 1.82) is 0 Å². The number of rotatable bonds is 2. The normalized spacial score (nSPS) is 29.1. The Morgan fingerprint density at radius 1 is 1.35 bits per heavy atom. The highest BCUT2D eigenvalue weighted by molar-refractivity contribution is 5.96.